The van der Waals surface area contributed by atoms with Crippen molar-refractivity contribution in [1.82, 2.24) is 0 Å². The average molecular weight is 302 g/mol. The highest BCUT2D eigenvalue weighted by molar-refractivity contribution is 5.70. The van der Waals surface area contributed by atoms with Crippen molar-refractivity contribution >= 4 is 5.57 Å². The summed E-state index contributed by atoms with van der Waals surface area (Å²) in [5.74, 6) is 0. The largest absolute Gasteiger partial charge is 0.352 e. The highest BCUT2D eigenvalue weighted by Crippen LogP contribution is 2.34. The topological polar surface area (TPSA) is 18.5 Å². The maximum absolute atomic E-state index is 5.95. The molecule has 1 heterocycles. The number of ether oxygens (including phenoxy) is 2. The zero-order chi connectivity index (χ0) is 16.5. The van der Waals surface area contributed by atoms with Crippen molar-refractivity contribution in [3.63, 3.8) is 0 Å². The molecular formula is C20H30O2. The van der Waals surface area contributed by atoms with Crippen LogP contribution in [0.15, 0.2) is 23.8 Å². The molecule has 1 aromatic rings. The van der Waals surface area contributed by atoms with Crippen molar-refractivity contribution in [2.24, 2.45) is 0 Å². The summed E-state index contributed by atoms with van der Waals surface area (Å²) in [6.07, 6.45) is 2.17. The van der Waals surface area contributed by atoms with Crippen molar-refractivity contribution in [2.45, 2.75) is 72.2 Å². The molecule has 1 aliphatic heterocycles. The van der Waals surface area contributed by atoms with E-state index < -0.39 is 0 Å². The van der Waals surface area contributed by atoms with Crippen molar-refractivity contribution in [3.8, 4) is 0 Å². The molecule has 2 heteroatoms. The summed E-state index contributed by atoms with van der Waals surface area (Å²) in [4.78, 5) is 0. The summed E-state index contributed by atoms with van der Waals surface area (Å²) < 4.78 is 11.5. The third kappa shape index (κ3) is 3.61. The average Bonchev–Trinajstić information content (AvgIpc) is 2.45. The first-order valence-electron chi connectivity index (χ1n) is 8.23. The molecule has 0 radical (unpaired) electrons. The number of methoxy groups -OCH3 is 1. The lowest BCUT2D eigenvalue weighted by Crippen LogP contribution is -2.29. The van der Waals surface area contributed by atoms with Gasteiger partial charge in [-0.2, -0.15) is 0 Å². The summed E-state index contributed by atoms with van der Waals surface area (Å²) in [5, 5.41) is 0. The van der Waals surface area contributed by atoms with E-state index in [0.29, 0.717) is 0 Å². The van der Waals surface area contributed by atoms with Crippen LogP contribution in [0.3, 0.4) is 0 Å². The molecule has 0 amide bonds. The number of hydrogen-bond donors (Lipinski definition) is 0. The monoisotopic (exact) mass is 302 g/mol. The van der Waals surface area contributed by atoms with Gasteiger partial charge in [-0.05, 0) is 66.9 Å². The van der Waals surface area contributed by atoms with E-state index in [1.165, 1.54) is 27.8 Å². The van der Waals surface area contributed by atoms with Crippen molar-refractivity contribution in [2.75, 3.05) is 7.11 Å². The van der Waals surface area contributed by atoms with Gasteiger partial charge in [-0.1, -0.05) is 39.0 Å². The minimum Gasteiger partial charge on any atom is -0.352 e. The Bertz CT molecular complexity index is 564. The molecule has 2 atom stereocenters. The van der Waals surface area contributed by atoms with Gasteiger partial charge in [0.1, 0.15) is 0 Å². The molecule has 1 fully saturated rings. The molecule has 0 spiro atoms. The molecule has 2 unspecified atom stereocenters. The van der Waals surface area contributed by atoms with Crippen LogP contribution in [0.4, 0.5) is 0 Å². The number of aryl methyl sites for hydroxylation is 1. The Hall–Kier alpha value is -1.12. The van der Waals surface area contributed by atoms with Gasteiger partial charge in [0.15, 0.2) is 6.29 Å². The summed E-state index contributed by atoms with van der Waals surface area (Å²) in [6.45, 7) is 13.3. The van der Waals surface area contributed by atoms with Crippen LogP contribution >= 0.6 is 0 Å². The Morgan fingerprint density at radius 1 is 1.27 bits per heavy atom. The van der Waals surface area contributed by atoms with Gasteiger partial charge < -0.3 is 9.47 Å². The SMILES string of the molecule is COC1OC(C)CC/C1=C(\C)c1cc(C(C)(C)C)ccc1C. The molecule has 0 aromatic heterocycles. The molecule has 1 aromatic carbocycles. The third-order valence-corrected chi connectivity index (χ3v) is 4.66. The molecule has 0 saturated carbocycles. The highest BCUT2D eigenvalue weighted by atomic mass is 16.7. The van der Waals surface area contributed by atoms with Crippen LogP contribution in [0.5, 0.6) is 0 Å². The smallest absolute Gasteiger partial charge is 0.180 e. The van der Waals surface area contributed by atoms with E-state index >= 15 is 0 Å². The maximum Gasteiger partial charge on any atom is 0.180 e. The fraction of sp³-hybridized carbons (Fsp3) is 0.600. The molecule has 122 valence electrons. The second-order valence-electron chi connectivity index (χ2n) is 7.48. The lowest BCUT2D eigenvalue weighted by Gasteiger charge is -2.31. The van der Waals surface area contributed by atoms with Crippen LogP contribution in [0.25, 0.3) is 5.57 Å². The van der Waals surface area contributed by atoms with E-state index in [4.69, 9.17) is 9.47 Å². The van der Waals surface area contributed by atoms with Crippen molar-refractivity contribution in [3.05, 3.63) is 40.5 Å². The standard InChI is InChI=1S/C20H30O2/c1-13-8-10-16(20(4,5)6)12-18(13)15(3)17-11-9-14(2)22-19(17)21-7/h8,10,12,14,19H,9,11H2,1-7H3/b17-15-. The van der Waals surface area contributed by atoms with Gasteiger partial charge in [-0.15, -0.1) is 0 Å². The quantitative estimate of drug-likeness (QED) is 0.744. The number of hydrogen-bond acceptors (Lipinski definition) is 2. The van der Waals surface area contributed by atoms with Crippen molar-refractivity contribution in [1.29, 1.82) is 0 Å². The molecule has 0 N–H and O–H groups in total. The van der Waals surface area contributed by atoms with E-state index in [9.17, 15) is 0 Å². The van der Waals surface area contributed by atoms with E-state index in [-0.39, 0.29) is 17.8 Å². The summed E-state index contributed by atoms with van der Waals surface area (Å²) in [7, 11) is 1.73. The van der Waals surface area contributed by atoms with Gasteiger partial charge >= 0.3 is 0 Å². The van der Waals surface area contributed by atoms with E-state index in [0.717, 1.165) is 12.8 Å². The summed E-state index contributed by atoms with van der Waals surface area (Å²) in [5.41, 5.74) is 6.75. The molecule has 0 aliphatic carbocycles. The Morgan fingerprint density at radius 3 is 2.55 bits per heavy atom. The molecule has 22 heavy (non-hydrogen) atoms. The van der Waals surface area contributed by atoms with Crippen LogP contribution in [0, 0.1) is 6.92 Å². The molecule has 1 aliphatic rings. The van der Waals surface area contributed by atoms with E-state index in [2.05, 4.69) is 59.7 Å². The Kier molecular flexibility index (Phi) is 5.14. The molecule has 0 bridgehead atoms. The van der Waals surface area contributed by atoms with Gasteiger partial charge in [0.2, 0.25) is 0 Å². The minimum atomic E-state index is -0.207. The predicted octanol–water partition coefficient (Wildman–Crippen LogP) is 5.24. The zero-order valence-corrected chi connectivity index (χ0v) is 15.1. The summed E-state index contributed by atoms with van der Waals surface area (Å²) in [6, 6.07) is 6.81. The van der Waals surface area contributed by atoms with Crippen LogP contribution in [-0.4, -0.2) is 19.5 Å². The van der Waals surface area contributed by atoms with E-state index in [1.54, 1.807) is 7.11 Å². The number of rotatable bonds is 2. The Balaban J connectivity index is 2.47. The van der Waals surface area contributed by atoms with Gasteiger partial charge in [0, 0.05) is 7.11 Å². The molecular weight excluding hydrogens is 272 g/mol. The fourth-order valence-electron chi connectivity index (χ4n) is 3.07. The van der Waals surface area contributed by atoms with Gasteiger partial charge in [-0.25, -0.2) is 0 Å². The lowest BCUT2D eigenvalue weighted by molar-refractivity contribution is -0.144. The lowest BCUT2D eigenvalue weighted by atomic mass is 9.83. The number of benzene rings is 1. The predicted molar refractivity (Wildman–Crippen MR) is 93.1 cm³/mol. The zero-order valence-electron chi connectivity index (χ0n) is 15.1. The van der Waals surface area contributed by atoms with Crippen LogP contribution in [0.2, 0.25) is 0 Å². The Morgan fingerprint density at radius 2 is 1.95 bits per heavy atom. The number of allylic oxidation sites excluding steroid dienone is 1. The van der Waals surface area contributed by atoms with Gasteiger partial charge in [-0.3, -0.25) is 0 Å². The van der Waals surface area contributed by atoms with Crippen LogP contribution in [-0.2, 0) is 14.9 Å². The van der Waals surface area contributed by atoms with E-state index in [1.807, 2.05) is 0 Å². The minimum absolute atomic E-state index is 0.158. The first kappa shape index (κ1) is 17.2. The van der Waals surface area contributed by atoms with Gasteiger partial charge in [0.05, 0.1) is 6.10 Å². The molecule has 2 nitrogen and oxygen atoms in total. The maximum atomic E-state index is 5.95. The Labute approximate surface area is 135 Å². The second-order valence-corrected chi connectivity index (χ2v) is 7.48. The first-order valence-corrected chi connectivity index (χ1v) is 8.23. The molecule has 2 rings (SSSR count). The fourth-order valence-corrected chi connectivity index (χ4v) is 3.07. The highest BCUT2D eigenvalue weighted by Gasteiger charge is 2.26. The van der Waals surface area contributed by atoms with Crippen LogP contribution in [0.1, 0.15) is 64.2 Å². The normalized spacial score (nSPS) is 25.2. The molecule has 1 saturated heterocycles. The van der Waals surface area contributed by atoms with Crippen molar-refractivity contribution < 1.29 is 9.47 Å². The van der Waals surface area contributed by atoms with Crippen LogP contribution < -0.4 is 0 Å². The second kappa shape index (κ2) is 6.55. The summed E-state index contributed by atoms with van der Waals surface area (Å²) >= 11 is 0. The first-order chi connectivity index (χ1) is 10.2. The third-order valence-electron chi connectivity index (χ3n) is 4.66. The van der Waals surface area contributed by atoms with Gasteiger partial charge in [0.25, 0.3) is 0 Å².